The van der Waals surface area contributed by atoms with Gasteiger partial charge in [-0.2, -0.15) is 0 Å². The number of methoxy groups -OCH3 is 2. The van der Waals surface area contributed by atoms with E-state index in [4.69, 9.17) is 14.2 Å². The molecule has 5 rings (SSSR count). The highest BCUT2D eigenvalue weighted by Crippen LogP contribution is 2.38. The number of benzene rings is 3. The van der Waals surface area contributed by atoms with Gasteiger partial charge < -0.3 is 19.2 Å². The minimum atomic E-state index is -0.436. The van der Waals surface area contributed by atoms with Crippen molar-refractivity contribution in [1.29, 1.82) is 0 Å². The summed E-state index contributed by atoms with van der Waals surface area (Å²) in [5.41, 5.74) is 5.45. The van der Waals surface area contributed by atoms with Gasteiger partial charge in [-0.3, -0.25) is 10.1 Å². The second-order valence-electron chi connectivity index (χ2n) is 8.44. The second-order valence-corrected chi connectivity index (χ2v) is 8.44. The van der Waals surface area contributed by atoms with E-state index >= 15 is 0 Å². The molecule has 6 nitrogen and oxygen atoms in total. The van der Waals surface area contributed by atoms with Crippen molar-refractivity contribution in [2.24, 2.45) is 0 Å². The van der Waals surface area contributed by atoms with Gasteiger partial charge in [0.2, 0.25) is 0 Å². The van der Waals surface area contributed by atoms with Crippen molar-refractivity contribution >= 4 is 16.9 Å². The summed E-state index contributed by atoms with van der Waals surface area (Å²) in [7, 11) is 3.07. The normalized spacial score (nSPS) is 17.2. The number of aromatic nitrogens is 1. The fourth-order valence-electron chi connectivity index (χ4n) is 4.70. The Kier molecular flexibility index (Phi) is 6.23. The Morgan fingerprint density at radius 1 is 0.971 bits per heavy atom. The molecule has 0 saturated carbocycles. The molecule has 3 aromatic carbocycles. The van der Waals surface area contributed by atoms with Crippen molar-refractivity contribution < 1.29 is 19.0 Å². The van der Waals surface area contributed by atoms with Gasteiger partial charge >= 0.3 is 5.97 Å². The number of esters is 1. The van der Waals surface area contributed by atoms with Gasteiger partial charge in [0, 0.05) is 29.4 Å². The van der Waals surface area contributed by atoms with Gasteiger partial charge in [-0.25, -0.2) is 0 Å². The van der Waals surface area contributed by atoms with Gasteiger partial charge in [-0.15, -0.1) is 0 Å². The van der Waals surface area contributed by atoms with Crippen LogP contribution in [0.3, 0.4) is 0 Å². The first-order valence-corrected chi connectivity index (χ1v) is 11.5. The van der Waals surface area contributed by atoms with Crippen LogP contribution in [-0.4, -0.2) is 37.8 Å². The standard InChI is InChI=1S/C28H28N2O4/c1-32-25-16-19(12-13-24(25)34-15-14-18-8-4-3-5-9-18)26-27-21(17-23(30-26)28(31)33-2)20-10-6-7-11-22(20)29-27/h3-13,16,23,26,29-30H,14-15,17H2,1-2H3. The molecule has 1 aliphatic heterocycles. The number of ether oxygens (including phenoxy) is 3. The van der Waals surface area contributed by atoms with Crippen molar-refractivity contribution in [2.75, 3.05) is 20.8 Å². The Bertz CT molecular complexity index is 1300. The first kappa shape index (κ1) is 22.0. The van der Waals surface area contributed by atoms with E-state index in [2.05, 4.69) is 34.6 Å². The van der Waals surface area contributed by atoms with Crippen LogP contribution in [0.5, 0.6) is 11.5 Å². The molecule has 1 aromatic heterocycles. The molecule has 4 aromatic rings. The maximum absolute atomic E-state index is 12.5. The van der Waals surface area contributed by atoms with E-state index in [-0.39, 0.29) is 12.0 Å². The summed E-state index contributed by atoms with van der Waals surface area (Å²) >= 11 is 0. The largest absolute Gasteiger partial charge is 0.493 e. The van der Waals surface area contributed by atoms with Crippen LogP contribution in [0.2, 0.25) is 0 Å². The number of carbonyl (C=O) groups excluding carboxylic acids is 1. The van der Waals surface area contributed by atoms with E-state index in [1.165, 1.54) is 12.7 Å². The summed E-state index contributed by atoms with van der Waals surface area (Å²) in [4.78, 5) is 16.0. The van der Waals surface area contributed by atoms with Gasteiger partial charge in [0.15, 0.2) is 11.5 Å². The van der Waals surface area contributed by atoms with Crippen molar-refractivity contribution in [3.05, 3.63) is 95.2 Å². The topological polar surface area (TPSA) is 72.6 Å². The second kappa shape index (κ2) is 9.61. The van der Waals surface area contributed by atoms with Crippen LogP contribution in [0.4, 0.5) is 0 Å². The number of aromatic amines is 1. The van der Waals surface area contributed by atoms with Crippen molar-refractivity contribution in [3.8, 4) is 11.5 Å². The molecule has 6 heteroatoms. The number of hydrogen-bond donors (Lipinski definition) is 2. The lowest BCUT2D eigenvalue weighted by Gasteiger charge is -2.30. The highest BCUT2D eigenvalue weighted by molar-refractivity contribution is 5.87. The molecule has 1 aliphatic rings. The molecule has 0 bridgehead atoms. The van der Waals surface area contributed by atoms with Crippen molar-refractivity contribution in [3.63, 3.8) is 0 Å². The smallest absolute Gasteiger partial charge is 0.323 e. The van der Waals surface area contributed by atoms with Gasteiger partial charge in [-0.05, 0) is 34.9 Å². The average Bonchev–Trinajstić information content (AvgIpc) is 3.27. The Labute approximate surface area is 198 Å². The lowest BCUT2D eigenvalue weighted by atomic mass is 9.90. The maximum Gasteiger partial charge on any atom is 0.323 e. The summed E-state index contributed by atoms with van der Waals surface area (Å²) in [5, 5.41) is 4.60. The number of carbonyl (C=O) groups is 1. The summed E-state index contributed by atoms with van der Waals surface area (Å²) in [6.45, 7) is 0.554. The Morgan fingerprint density at radius 2 is 1.76 bits per heavy atom. The lowest BCUT2D eigenvalue weighted by Crippen LogP contribution is -2.45. The fraction of sp³-hybridized carbons (Fsp3) is 0.250. The average molecular weight is 457 g/mol. The van der Waals surface area contributed by atoms with Crippen LogP contribution >= 0.6 is 0 Å². The van der Waals surface area contributed by atoms with E-state index in [1.807, 2.05) is 48.5 Å². The molecule has 0 saturated heterocycles. The quantitative estimate of drug-likeness (QED) is 0.399. The van der Waals surface area contributed by atoms with Gasteiger partial charge in [0.25, 0.3) is 0 Å². The van der Waals surface area contributed by atoms with Crippen LogP contribution in [0.15, 0.2) is 72.8 Å². The van der Waals surface area contributed by atoms with E-state index in [1.54, 1.807) is 7.11 Å². The minimum Gasteiger partial charge on any atom is -0.493 e. The van der Waals surface area contributed by atoms with Crippen LogP contribution in [0.25, 0.3) is 10.9 Å². The molecular formula is C28H28N2O4. The number of rotatable bonds is 7. The number of hydrogen-bond acceptors (Lipinski definition) is 5. The molecular weight excluding hydrogens is 428 g/mol. The molecule has 0 aliphatic carbocycles. The molecule has 2 unspecified atom stereocenters. The predicted octanol–water partition coefficient (Wildman–Crippen LogP) is 4.57. The summed E-state index contributed by atoms with van der Waals surface area (Å²) in [5.74, 6) is 1.08. The fourth-order valence-corrected chi connectivity index (χ4v) is 4.70. The Hall–Kier alpha value is -3.77. The third-order valence-electron chi connectivity index (χ3n) is 6.41. The minimum absolute atomic E-state index is 0.215. The Morgan fingerprint density at radius 3 is 2.56 bits per heavy atom. The summed E-state index contributed by atoms with van der Waals surface area (Å²) in [6, 6.07) is 23.7. The molecule has 2 N–H and O–H groups in total. The maximum atomic E-state index is 12.5. The SMILES string of the molecule is COC(=O)C1Cc2c([nH]c3ccccc23)C(c2ccc(OCCc3ccccc3)c(OC)c2)N1. The van der Waals surface area contributed by atoms with E-state index in [0.717, 1.165) is 34.1 Å². The molecule has 0 spiro atoms. The van der Waals surface area contributed by atoms with E-state index in [0.29, 0.717) is 24.5 Å². The molecule has 2 heterocycles. The molecule has 0 fully saturated rings. The number of nitrogens with one attached hydrogen (secondary N) is 2. The van der Waals surface area contributed by atoms with Crippen LogP contribution in [-0.2, 0) is 22.4 Å². The number of H-pyrrole nitrogens is 1. The number of para-hydroxylation sites is 1. The summed E-state index contributed by atoms with van der Waals surface area (Å²) < 4.78 is 16.8. The van der Waals surface area contributed by atoms with Crippen molar-refractivity contribution in [2.45, 2.75) is 24.9 Å². The highest BCUT2D eigenvalue weighted by atomic mass is 16.5. The number of fused-ring (bicyclic) bond motifs is 3. The molecule has 34 heavy (non-hydrogen) atoms. The van der Waals surface area contributed by atoms with Crippen LogP contribution in [0.1, 0.15) is 28.4 Å². The zero-order chi connectivity index (χ0) is 23.5. The highest BCUT2D eigenvalue weighted by Gasteiger charge is 2.34. The zero-order valence-electron chi connectivity index (χ0n) is 19.3. The van der Waals surface area contributed by atoms with Gasteiger partial charge in [0.1, 0.15) is 6.04 Å². The monoisotopic (exact) mass is 456 g/mol. The van der Waals surface area contributed by atoms with Crippen molar-refractivity contribution in [1.82, 2.24) is 10.3 Å². The molecule has 0 radical (unpaired) electrons. The third kappa shape index (κ3) is 4.24. The van der Waals surface area contributed by atoms with Crippen LogP contribution in [0, 0.1) is 0 Å². The van der Waals surface area contributed by atoms with Gasteiger partial charge in [-0.1, -0.05) is 54.6 Å². The Balaban J connectivity index is 1.44. The first-order valence-electron chi connectivity index (χ1n) is 11.5. The van der Waals surface area contributed by atoms with Gasteiger partial charge in [0.05, 0.1) is 26.9 Å². The van der Waals surface area contributed by atoms with E-state index < -0.39 is 6.04 Å². The molecule has 0 amide bonds. The first-order chi connectivity index (χ1) is 16.7. The molecule has 174 valence electrons. The van der Waals surface area contributed by atoms with E-state index in [9.17, 15) is 4.79 Å². The third-order valence-corrected chi connectivity index (χ3v) is 6.41. The summed E-state index contributed by atoms with van der Waals surface area (Å²) in [6.07, 6.45) is 1.38. The zero-order valence-corrected chi connectivity index (χ0v) is 19.3. The predicted molar refractivity (Wildman–Crippen MR) is 131 cm³/mol. The molecule has 2 atom stereocenters. The lowest BCUT2D eigenvalue weighted by molar-refractivity contribution is -0.143. The van der Waals surface area contributed by atoms with Crippen LogP contribution < -0.4 is 14.8 Å².